The van der Waals surface area contributed by atoms with E-state index in [1.54, 1.807) is 6.92 Å². The average molecular weight is 455 g/mol. The van der Waals surface area contributed by atoms with Gasteiger partial charge in [0.15, 0.2) is 5.96 Å². The van der Waals surface area contributed by atoms with Gasteiger partial charge in [0.05, 0.1) is 12.6 Å². The molecule has 1 aliphatic rings. The highest BCUT2D eigenvalue weighted by Gasteiger charge is 2.32. The highest BCUT2D eigenvalue weighted by atomic mass is 16.3. The molecule has 11 nitrogen and oxygen atoms in total. The molecule has 3 amide bonds. The molecule has 0 radical (unpaired) electrons. The molecule has 0 aromatic carbocycles. The molecule has 4 atom stereocenters. The third-order valence-corrected chi connectivity index (χ3v) is 5.84. The largest absolute Gasteiger partial charge is 0.394 e. The number of rotatable bonds is 13. The minimum atomic E-state index is -1.16. The van der Waals surface area contributed by atoms with Gasteiger partial charge in [-0.2, -0.15) is 0 Å². The number of hydrogen-bond acceptors (Lipinski definition) is 6. The summed E-state index contributed by atoms with van der Waals surface area (Å²) in [6.45, 7) is 2.84. The summed E-state index contributed by atoms with van der Waals surface area (Å²) in [7, 11) is 0. The predicted molar refractivity (Wildman–Crippen MR) is 120 cm³/mol. The van der Waals surface area contributed by atoms with Gasteiger partial charge in [0.25, 0.3) is 0 Å². The molecule has 0 spiro atoms. The van der Waals surface area contributed by atoms with Gasteiger partial charge in [-0.25, -0.2) is 0 Å². The van der Waals surface area contributed by atoms with Crippen molar-refractivity contribution >= 4 is 30.0 Å². The third-order valence-electron chi connectivity index (χ3n) is 5.84. The van der Waals surface area contributed by atoms with E-state index >= 15 is 0 Å². The number of amides is 3. The zero-order valence-corrected chi connectivity index (χ0v) is 19.0. The van der Waals surface area contributed by atoms with Gasteiger partial charge >= 0.3 is 0 Å². The van der Waals surface area contributed by atoms with Gasteiger partial charge in [-0.05, 0) is 25.2 Å². The maximum absolute atomic E-state index is 12.7. The van der Waals surface area contributed by atoms with Crippen LogP contribution >= 0.6 is 0 Å². The molecular weight excluding hydrogens is 416 g/mol. The lowest BCUT2D eigenvalue weighted by Crippen LogP contribution is -2.56. The lowest BCUT2D eigenvalue weighted by atomic mass is 9.75. The Morgan fingerprint density at radius 3 is 2.28 bits per heavy atom. The number of nitrogens with zero attached hydrogens (tertiary/aromatic N) is 1. The molecule has 0 saturated heterocycles. The van der Waals surface area contributed by atoms with E-state index in [0.717, 1.165) is 38.4 Å². The minimum absolute atomic E-state index is 0.0241. The van der Waals surface area contributed by atoms with Crippen molar-refractivity contribution in [1.29, 1.82) is 0 Å². The predicted octanol–water partition coefficient (Wildman–Crippen LogP) is -1.08. The van der Waals surface area contributed by atoms with E-state index in [1.807, 2.05) is 0 Å². The molecule has 1 unspecified atom stereocenters. The Kier molecular flexibility index (Phi) is 12.3. The van der Waals surface area contributed by atoms with Crippen LogP contribution in [0.5, 0.6) is 0 Å². The number of hydrogen-bond donors (Lipinski definition) is 6. The topological polar surface area (TPSA) is 189 Å². The van der Waals surface area contributed by atoms with Crippen LogP contribution in [0, 0.1) is 11.8 Å². The third kappa shape index (κ3) is 9.21. The van der Waals surface area contributed by atoms with Crippen molar-refractivity contribution < 1.29 is 24.3 Å². The summed E-state index contributed by atoms with van der Waals surface area (Å²) < 4.78 is 0. The molecule has 0 heterocycles. The number of aldehydes is 1. The van der Waals surface area contributed by atoms with E-state index in [2.05, 4.69) is 20.9 Å². The lowest BCUT2D eigenvalue weighted by Gasteiger charge is -2.34. The zero-order chi connectivity index (χ0) is 24.1. The second-order valence-corrected chi connectivity index (χ2v) is 8.21. The van der Waals surface area contributed by atoms with Crippen molar-refractivity contribution in [3.63, 3.8) is 0 Å². The van der Waals surface area contributed by atoms with Crippen molar-refractivity contribution in [2.24, 2.45) is 28.3 Å². The van der Waals surface area contributed by atoms with Crippen molar-refractivity contribution in [3.05, 3.63) is 0 Å². The highest BCUT2D eigenvalue weighted by Crippen LogP contribution is 2.33. The first-order chi connectivity index (χ1) is 15.2. The van der Waals surface area contributed by atoms with Crippen molar-refractivity contribution in [2.75, 3.05) is 13.2 Å². The molecule has 8 N–H and O–H groups in total. The fraction of sp³-hybridized carbons (Fsp3) is 0.762. The zero-order valence-electron chi connectivity index (χ0n) is 19.0. The maximum Gasteiger partial charge on any atom is 0.245 e. The van der Waals surface area contributed by atoms with Gasteiger partial charge in [0.2, 0.25) is 17.7 Å². The molecule has 0 aromatic rings. The Bertz CT molecular complexity index is 661. The molecule has 1 rings (SSSR count). The van der Waals surface area contributed by atoms with E-state index < -0.39 is 42.5 Å². The quantitative estimate of drug-likeness (QED) is 0.116. The summed E-state index contributed by atoms with van der Waals surface area (Å²) in [4.78, 5) is 52.4. The van der Waals surface area contributed by atoms with Gasteiger partial charge in [-0.1, -0.05) is 39.0 Å². The molecule has 0 aromatic heterocycles. The Hall–Kier alpha value is -2.69. The molecule has 0 bridgehead atoms. The van der Waals surface area contributed by atoms with E-state index in [-0.39, 0.29) is 24.2 Å². The number of guanidine groups is 1. The normalized spacial score (nSPS) is 17.8. The van der Waals surface area contributed by atoms with Gasteiger partial charge in [0, 0.05) is 13.0 Å². The van der Waals surface area contributed by atoms with Crippen molar-refractivity contribution in [1.82, 2.24) is 16.0 Å². The van der Waals surface area contributed by atoms with Gasteiger partial charge in [-0.3, -0.25) is 19.4 Å². The van der Waals surface area contributed by atoms with Crippen LogP contribution in [0.4, 0.5) is 0 Å². The molecule has 11 heteroatoms. The Morgan fingerprint density at radius 1 is 1.09 bits per heavy atom. The van der Waals surface area contributed by atoms with E-state index in [9.17, 15) is 24.3 Å². The first-order valence-electron chi connectivity index (χ1n) is 11.2. The van der Waals surface area contributed by atoms with Crippen LogP contribution < -0.4 is 27.4 Å². The second-order valence-electron chi connectivity index (χ2n) is 8.21. The van der Waals surface area contributed by atoms with E-state index in [0.29, 0.717) is 13.0 Å². The maximum atomic E-state index is 12.7. The molecule has 182 valence electrons. The van der Waals surface area contributed by atoms with Crippen LogP contribution in [-0.4, -0.2) is 66.4 Å². The average Bonchev–Trinajstić information content (AvgIpc) is 2.78. The van der Waals surface area contributed by atoms with Crippen LogP contribution in [0.15, 0.2) is 4.99 Å². The van der Waals surface area contributed by atoms with Gasteiger partial charge in [-0.15, -0.1) is 0 Å². The number of carbonyl (C=O) groups is 4. The summed E-state index contributed by atoms with van der Waals surface area (Å²) in [5.41, 5.74) is 10.8. The second kappa shape index (κ2) is 14.4. The summed E-state index contributed by atoms with van der Waals surface area (Å²) in [5.74, 6) is -1.50. The molecule has 0 aliphatic heterocycles. The Labute approximate surface area is 189 Å². The SMILES string of the molecule is CCC(=O)N[C@H](CO)C(=O)N[C@@H](C)C(=O)N[C@H](C=O)C(CCN=C(N)N)C1CCCCC1. The molecular formula is C21H38N6O5. The van der Waals surface area contributed by atoms with Crippen molar-refractivity contribution in [2.45, 2.75) is 76.9 Å². The Balaban J connectivity index is 2.79. The number of aliphatic imine (C=N–C) groups is 1. The summed E-state index contributed by atoms with van der Waals surface area (Å²) in [5, 5.41) is 17.0. The number of aliphatic hydroxyl groups is 1. The van der Waals surface area contributed by atoms with Crippen LogP contribution in [0.3, 0.4) is 0 Å². The van der Waals surface area contributed by atoms with E-state index in [4.69, 9.17) is 11.5 Å². The highest BCUT2D eigenvalue weighted by molar-refractivity contribution is 5.92. The monoisotopic (exact) mass is 454 g/mol. The van der Waals surface area contributed by atoms with E-state index in [1.165, 1.54) is 6.92 Å². The summed E-state index contributed by atoms with van der Waals surface area (Å²) >= 11 is 0. The fourth-order valence-electron chi connectivity index (χ4n) is 4.01. The van der Waals surface area contributed by atoms with Gasteiger partial charge < -0.3 is 37.3 Å². The number of carbonyl (C=O) groups excluding carboxylic acids is 4. The first kappa shape index (κ1) is 27.3. The van der Waals surface area contributed by atoms with Crippen LogP contribution in [0.1, 0.15) is 58.8 Å². The van der Waals surface area contributed by atoms with Crippen LogP contribution in [-0.2, 0) is 19.2 Å². The van der Waals surface area contributed by atoms with Crippen LogP contribution in [0.2, 0.25) is 0 Å². The lowest BCUT2D eigenvalue weighted by molar-refractivity contribution is -0.133. The number of aliphatic hydroxyl groups excluding tert-OH is 1. The fourth-order valence-corrected chi connectivity index (χ4v) is 4.01. The van der Waals surface area contributed by atoms with Crippen molar-refractivity contribution in [3.8, 4) is 0 Å². The summed E-state index contributed by atoms with van der Waals surface area (Å²) in [6, 6.07) is -2.87. The first-order valence-corrected chi connectivity index (χ1v) is 11.2. The Morgan fingerprint density at radius 2 is 1.75 bits per heavy atom. The molecule has 1 fully saturated rings. The van der Waals surface area contributed by atoms with Gasteiger partial charge in [0.1, 0.15) is 18.4 Å². The molecule has 1 aliphatic carbocycles. The minimum Gasteiger partial charge on any atom is -0.394 e. The van der Waals surface area contributed by atoms with Crippen LogP contribution in [0.25, 0.3) is 0 Å². The smallest absolute Gasteiger partial charge is 0.245 e. The molecule has 32 heavy (non-hydrogen) atoms. The molecule has 1 saturated carbocycles. The number of nitrogens with two attached hydrogens (primary N) is 2. The standard InChI is InChI=1S/C21H38N6O5/c1-3-18(30)26-17(12-29)20(32)25-13(2)19(31)27-16(11-28)15(9-10-24-21(22)23)14-7-5-4-6-8-14/h11,13-17,29H,3-10,12H2,1-2H3,(H,25,32)(H,26,30)(H,27,31)(H4,22,23,24)/t13-,15?,16+,17+/m0/s1. The summed E-state index contributed by atoms with van der Waals surface area (Å²) in [6.07, 6.45) is 6.65. The number of nitrogens with one attached hydrogen (secondary N) is 3.